The third-order valence-corrected chi connectivity index (χ3v) is 0.903. The summed E-state index contributed by atoms with van der Waals surface area (Å²) in [7, 11) is 0. The molecule has 0 aromatic rings. The van der Waals surface area contributed by atoms with Gasteiger partial charge in [0.1, 0.15) is 5.71 Å². The first kappa shape index (κ1) is 5.81. The maximum Gasteiger partial charge on any atom is 0.188 e. The van der Waals surface area contributed by atoms with Crippen molar-refractivity contribution in [1.29, 1.82) is 0 Å². The van der Waals surface area contributed by atoms with E-state index in [9.17, 15) is 9.59 Å². The molecule has 0 atom stereocenters. The zero-order valence-electron chi connectivity index (χ0n) is 4.57. The molecule has 1 rings (SSSR count). The quantitative estimate of drug-likeness (QED) is 0.454. The molecule has 1 aliphatic rings. The van der Waals surface area contributed by atoms with Crippen LogP contribution in [-0.4, -0.2) is 30.7 Å². The highest BCUT2D eigenvalue weighted by Crippen LogP contribution is 1.90. The molecule has 46 valence electrons. The van der Waals surface area contributed by atoms with Crippen molar-refractivity contribution in [3.05, 3.63) is 0 Å². The minimum absolute atomic E-state index is 0.108. The standard InChI is InChI=1S/C5H4N2O2/c8-2-4-1-6-5(3-9)7-4/h2-3H,1H2. The van der Waals surface area contributed by atoms with Gasteiger partial charge in [0.2, 0.25) is 0 Å². The van der Waals surface area contributed by atoms with Gasteiger partial charge in [-0.05, 0) is 0 Å². The van der Waals surface area contributed by atoms with Gasteiger partial charge < -0.3 is 0 Å². The number of aldehydes is 2. The van der Waals surface area contributed by atoms with Gasteiger partial charge in [-0.15, -0.1) is 0 Å². The van der Waals surface area contributed by atoms with E-state index in [-0.39, 0.29) is 12.4 Å². The summed E-state index contributed by atoms with van der Waals surface area (Å²) in [5, 5.41) is 0. The number of carbonyl (C=O) groups is 2. The number of rotatable bonds is 2. The molecule has 0 amide bonds. The monoisotopic (exact) mass is 124 g/mol. The van der Waals surface area contributed by atoms with Crippen molar-refractivity contribution in [2.24, 2.45) is 9.98 Å². The van der Waals surface area contributed by atoms with Gasteiger partial charge in [-0.25, -0.2) is 4.99 Å². The molecule has 0 radical (unpaired) electrons. The molecule has 0 spiro atoms. The van der Waals surface area contributed by atoms with E-state index in [0.717, 1.165) is 0 Å². The van der Waals surface area contributed by atoms with Crippen molar-refractivity contribution in [3.8, 4) is 0 Å². The number of hydrogen-bond acceptors (Lipinski definition) is 4. The molecule has 0 N–H and O–H groups in total. The molecular formula is C5H4N2O2. The van der Waals surface area contributed by atoms with E-state index < -0.39 is 0 Å². The minimum atomic E-state index is 0.108. The normalized spacial score (nSPS) is 16.4. The summed E-state index contributed by atoms with van der Waals surface area (Å²) in [6.45, 7) is 0.248. The maximum absolute atomic E-state index is 9.95. The van der Waals surface area contributed by atoms with Crippen LogP contribution >= 0.6 is 0 Å². The Morgan fingerprint density at radius 1 is 1.33 bits per heavy atom. The Hall–Kier alpha value is -1.32. The first-order valence-corrected chi connectivity index (χ1v) is 2.39. The second-order valence-corrected chi connectivity index (χ2v) is 1.51. The lowest BCUT2D eigenvalue weighted by atomic mass is 10.4. The third kappa shape index (κ3) is 1.07. The third-order valence-electron chi connectivity index (χ3n) is 0.903. The van der Waals surface area contributed by atoms with E-state index in [1.165, 1.54) is 0 Å². The smallest absolute Gasteiger partial charge is 0.188 e. The van der Waals surface area contributed by atoms with E-state index in [1.54, 1.807) is 0 Å². The Morgan fingerprint density at radius 2 is 2.11 bits per heavy atom. The number of amidine groups is 1. The van der Waals surface area contributed by atoms with Crippen LogP contribution in [0.2, 0.25) is 0 Å². The van der Waals surface area contributed by atoms with Crippen LogP contribution in [-0.2, 0) is 9.59 Å². The number of carbonyl (C=O) groups excluding carboxylic acids is 2. The van der Waals surface area contributed by atoms with E-state index in [1.807, 2.05) is 0 Å². The highest BCUT2D eigenvalue weighted by Gasteiger charge is 2.06. The number of hydrogen-bond donors (Lipinski definition) is 0. The zero-order chi connectivity index (χ0) is 6.69. The van der Waals surface area contributed by atoms with Crippen molar-refractivity contribution in [1.82, 2.24) is 0 Å². The molecule has 9 heavy (non-hydrogen) atoms. The molecule has 1 heterocycles. The lowest BCUT2D eigenvalue weighted by Crippen LogP contribution is -1.99. The predicted octanol–water partition coefficient (Wildman–Crippen LogP) is -0.763. The van der Waals surface area contributed by atoms with Crippen molar-refractivity contribution >= 4 is 24.1 Å². The van der Waals surface area contributed by atoms with Gasteiger partial charge in [-0.2, -0.15) is 0 Å². The molecule has 4 heteroatoms. The average Bonchev–Trinajstić information content (AvgIpc) is 2.34. The van der Waals surface area contributed by atoms with Crippen LogP contribution < -0.4 is 0 Å². The SMILES string of the molecule is O=CC1=NC(C=O)=NC1. The van der Waals surface area contributed by atoms with Gasteiger partial charge in [-0.1, -0.05) is 0 Å². The summed E-state index contributed by atoms with van der Waals surface area (Å²) < 4.78 is 0. The molecule has 1 aliphatic heterocycles. The van der Waals surface area contributed by atoms with Crippen molar-refractivity contribution < 1.29 is 9.59 Å². The minimum Gasteiger partial charge on any atom is -0.296 e. The van der Waals surface area contributed by atoms with Gasteiger partial charge in [0.25, 0.3) is 0 Å². The zero-order valence-corrected chi connectivity index (χ0v) is 4.57. The molecule has 4 nitrogen and oxygen atoms in total. The topological polar surface area (TPSA) is 58.9 Å². The summed E-state index contributed by atoms with van der Waals surface area (Å²) in [5.74, 6) is 0.108. The first-order chi connectivity index (χ1) is 4.36. The summed E-state index contributed by atoms with van der Waals surface area (Å²) in [5.41, 5.74) is 0.317. The fourth-order valence-corrected chi connectivity index (χ4v) is 0.507. The van der Waals surface area contributed by atoms with E-state index in [2.05, 4.69) is 9.98 Å². The summed E-state index contributed by atoms with van der Waals surface area (Å²) in [4.78, 5) is 27.0. The lowest BCUT2D eigenvalue weighted by molar-refractivity contribution is -0.103. The van der Waals surface area contributed by atoms with Crippen LogP contribution in [0.3, 0.4) is 0 Å². The van der Waals surface area contributed by atoms with Gasteiger partial charge in [0.05, 0.1) is 6.54 Å². The average molecular weight is 124 g/mol. The van der Waals surface area contributed by atoms with Gasteiger partial charge >= 0.3 is 0 Å². The van der Waals surface area contributed by atoms with Crippen LogP contribution in [0.1, 0.15) is 0 Å². The summed E-state index contributed by atoms with van der Waals surface area (Å²) in [6, 6.07) is 0. The first-order valence-electron chi connectivity index (χ1n) is 2.39. The lowest BCUT2D eigenvalue weighted by Gasteiger charge is -1.75. The van der Waals surface area contributed by atoms with Crippen LogP contribution in [0, 0.1) is 0 Å². The molecular weight excluding hydrogens is 120 g/mol. The van der Waals surface area contributed by atoms with Crippen LogP contribution in [0.4, 0.5) is 0 Å². The molecule has 0 unspecified atom stereocenters. The molecule has 0 aromatic heterocycles. The Labute approximate surface area is 51.3 Å². The maximum atomic E-state index is 9.95. The molecule has 0 bridgehead atoms. The molecule has 0 aliphatic carbocycles. The van der Waals surface area contributed by atoms with E-state index in [0.29, 0.717) is 18.3 Å². The highest BCUT2D eigenvalue weighted by atomic mass is 16.1. The number of aliphatic imine (C=N–C) groups is 2. The Balaban J connectivity index is 2.73. The van der Waals surface area contributed by atoms with Gasteiger partial charge in [0, 0.05) is 0 Å². The molecule has 0 saturated carbocycles. The van der Waals surface area contributed by atoms with Crippen molar-refractivity contribution in [2.75, 3.05) is 6.54 Å². The Morgan fingerprint density at radius 3 is 2.44 bits per heavy atom. The van der Waals surface area contributed by atoms with E-state index >= 15 is 0 Å². The van der Waals surface area contributed by atoms with Crippen LogP contribution in [0.5, 0.6) is 0 Å². The fraction of sp³-hybridized carbons (Fsp3) is 0.200. The van der Waals surface area contributed by atoms with Gasteiger partial charge in [-0.3, -0.25) is 14.6 Å². The molecule has 0 aromatic carbocycles. The Kier molecular flexibility index (Phi) is 1.48. The number of nitrogens with zero attached hydrogens (tertiary/aromatic N) is 2. The van der Waals surface area contributed by atoms with Gasteiger partial charge in [0.15, 0.2) is 18.4 Å². The van der Waals surface area contributed by atoms with Crippen LogP contribution in [0.25, 0.3) is 0 Å². The summed E-state index contributed by atoms with van der Waals surface area (Å²) >= 11 is 0. The van der Waals surface area contributed by atoms with E-state index in [4.69, 9.17) is 0 Å². The second kappa shape index (κ2) is 2.30. The Bertz CT molecular complexity index is 205. The van der Waals surface area contributed by atoms with Crippen molar-refractivity contribution in [2.45, 2.75) is 0 Å². The molecule has 0 saturated heterocycles. The molecule has 0 fully saturated rings. The van der Waals surface area contributed by atoms with Crippen LogP contribution in [0.15, 0.2) is 9.98 Å². The second-order valence-electron chi connectivity index (χ2n) is 1.51. The van der Waals surface area contributed by atoms with Crippen molar-refractivity contribution in [3.63, 3.8) is 0 Å². The largest absolute Gasteiger partial charge is 0.296 e. The predicted molar refractivity (Wildman–Crippen MR) is 31.9 cm³/mol. The highest BCUT2D eigenvalue weighted by molar-refractivity contribution is 6.40. The summed E-state index contributed by atoms with van der Waals surface area (Å²) in [6.07, 6.45) is 1.12. The fourth-order valence-electron chi connectivity index (χ4n) is 0.507.